The number of anilines is 1. The number of carbonyl (C=O) groups excluding carboxylic acids is 2. The molecule has 1 fully saturated rings. The molecule has 2 amide bonds. The van der Waals surface area contributed by atoms with Crippen molar-refractivity contribution in [2.75, 3.05) is 25.0 Å². The van der Waals surface area contributed by atoms with Gasteiger partial charge in [0.25, 0.3) is 0 Å². The van der Waals surface area contributed by atoms with Gasteiger partial charge in [-0.05, 0) is 35.7 Å². The van der Waals surface area contributed by atoms with E-state index >= 15 is 0 Å². The molecule has 0 bridgehead atoms. The van der Waals surface area contributed by atoms with Gasteiger partial charge in [0.1, 0.15) is 0 Å². The van der Waals surface area contributed by atoms with Crippen molar-refractivity contribution >= 4 is 28.3 Å². The van der Waals surface area contributed by atoms with Gasteiger partial charge in [0.05, 0.1) is 12.5 Å². The molecule has 1 heterocycles. The van der Waals surface area contributed by atoms with Gasteiger partial charge in [-0.1, -0.05) is 30.3 Å². The summed E-state index contributed by atoms with van der Waals surface area (Å²) in [6.07, 6.45) is 1.60. The maximum absolute atomic E-state index is 12.3. The molecule has 1 unspecified atom stereocenters. The second-order valence-corrected chi connectivity index (χ2v) is 6.00. The topological polar surface area (TPSA) is 75.4 Å². The average molecular weight is 311 g/mol. The molecular weight excluding hydrogens is 290 g/mol. The summed E-state index contributed by atoms with van der Waals surface area (Å²) in [6, 6.07) is 14.1. The molecule has 0 aromatic heterocycles. The van der Waals surface area contributed by atoms with Crippen molar-refractivity contribution in [1.82, 2.24) is 4.90 Å². The lowest BCUT2D eigenvalue weighted by Crippen LogP contribution is -2.45. The Balaban J connectivity index is 1.60. The van der Waals surface area contributed by atoms with E-state index in [2.05, 4.69) is 11.4 Å². The third-order valence-corrected chi connectivity index (χ3v) is 4.37. The zero-order valence-corrected chi connectivity index (χ0v) is 13.0. The first-order chi connectivity index (χ1) is 11.1. The Bertz CT molecular complexity index is 729. The molecule has 23 heavy (non-hydrogen) atoms. The lowest BCUT2D eigenvalue weighted by atomic mass is 9.97. The number of nitrogens with one attached hydrogen (secondary N) is 1. The standard InChI is InChI=1S/C18H21N3O2/c19-18(23)15-6-3-9-21(12-15)17(22)11-20-16-8-7-13-4-1-2-5-14(13)10-16/h1-2,4-5,7-8,10,15,20H,3,6,9,11-12H2,(H2,19,23). The molecule has 0 spiro atoms. The first-order valence-corrected chi connectivity index (χ1v) is 7.93. The van der Waals surface area contributed by atoms with Gasteiger partial charge in [-0.15, -0.1) is 0 Å². The fraction of sp³-hybridized carbons (Fsp3) is 0.333. The monoisotopic (exact) mass is 311 g/mol. The SMILES string of the molecule is NC(=O)C1CCCN(C(=O)CNc2ccc3ccccc3c2)C1. The van der Waals surface area contributed by atoms with Gasteiger partial charge < -0.3 is 16.0 Å². The number of hydrogen-bond acceptors (Lipinski definition) is 3. The Hall–Kier alpha value is -2.56. The van der Waals surface area contributed by atoms with Crippen LogP contribution in [0.15, 0.2) is 42.5 Å². The van der Waals surface area contributed by atoms with Crippen molar-refractivity contribution in [3.05, 3.63) is 42.5 Å². The number of rotatable bonds is 4. The normalized spacial score (nSPS) is 17.9. The van der Waals surface area contributed by atoms with E-state index in [1.54, 1.807) is 4.90 Å². The summed E-state index contributed by atoms with van der Waals surface area (Å²) < 4.78 is 0. The predicted octanol–water partition coefficient (Wildman–Crippen LogP) is 1.98. The van der Waals surface area contributed by atoms with Crippen LogP contribution in [-0.4, -0.2) is 36.3 Å². The summed E-state index contributed by atoms with van der Waals surface area (Å²) in [6.45, 7) is 1.36. The van der Waals surface area contributed by atoms with Crippen LogP contribution in [-0.2, 0) is 9.59 Å². The molecule has 1 aliphatic heterocycles. The summed E-state index contributed by atoms with van der Waals surface area (Å²) in [5, 5.41) is 5.48. The second-order valence-electron chi connectivity index (χ2n) is 6.00. The molecule has 3 N–H and O–H groups in total. The molecule has 2 aromatic rings. The van der Waals surface area contributed by atoms with Gasteiger partial charge in [-0.3, -0.25) is 9.59 Å². The smallest absolute Gasteiger partial charge is 0.241 e. The number of piperidine rings is 1. The van der Waals surface area contributed by atoms with Crippen molar-refractivity contribution < 1.29 is 9.59 Å². The van der Waals surface area contributed by atoms with Gasteiger partial charge in [-0.2, -0.15) is 0 Å². The third kappa shape index (κ3) is 3.62. The highest BCUT2D eigenvalue weighted by Gasteiger charge is 2.26. The maximum atomic E-state index is 12.3. The van der Waals surface area contributed by atoms with Crippen molar-refractivity contribution in [3.8, 4) is 0 Å². The van der Waals surface area contributed by atoms with E-state index in [0.29, 0.717) is 13.1 Å². The quantitative estimate of drug-likeness (QED) is 0.906. The summed E-state index contributed by atoms with van der Waals surface area (Å²) in [4.78, 5) is 25.3. The number of hydrogen-bond donors (Lipinski definition) is 2. The minimum absolute atomic E-state index is 0.00380. The molecule has 2 aromatic carbocycles. The van der Waals surface area contributed by atoms with Crippen molar-refractivity contribution in [2.45, 2.75) is 12.8 Å². The molecule has 0 saturated carbocycles. The number of benzene rings is 2. The second kappa shape index (κ2) is 6.69. The fourth-order valence-corrected chi connectivity index (χ4v) is 3.02. The minimum atomic E-state index is -0.315. The lowest BCUT2D eigenvalue weighted by molar-refractivity contribution is -0.133. The van der Waals surface area contributed by atoms with E-state index in [1.165, 1.54) is 5.39 Å². The number of amides is 2. The minimum Gasteiger partial charge on any atom is -0.376 e. The number of nitrogens with zero attached hydrogens (tertiary/aromatic N) is 1. The molecule has 0 radical (unpaired) electrons. The van der Waals surface area contributed by atoms with Crippen LogP contribution >= 0.6 is 0 Å². The molecule has 5 nitrogen and oxygen atoms in total. The van der Waals surface area contributed by atoms with Crippen LogP contribution in [0.25, 0.3) is 10.8 Å². The zero-order valence-electron chi connectivity index (χ0n) is 13.0. The van der Waals surface area contributed by atoms with E-state index < -0.39 is 0 Å². The highest BCUT2D eigenvalue weighted by atomic mass is 16.2. The number of carbonyl (C=O) groups is 2. The fourth-order valence-electron chi connectivity index (χ4n) is 3.02. The largest absolute Gasteiger partial charge is 0.376 e. The molecular formula is C18H21N3O2. The van der Waals surface area contributed by atoms with Crippen molar-refractivity contribution in [2.24, 2.45) is 11.7 Å². The Morgan fingerprint density at radius 1 is 1.17 bits per heavy atom. The summed E-state index contributed by atoms with van der Waals surface area (Å²) >= 11 is 0. The molecule has 3 rings (SSSR count). The predicted molar refractivity (Wildman–Crippen MR) is 90.9 cm³/mol. The summed E-state index contributed by atoms with van der Waals surface area (Å²) in [5.74, 6) is -0.525. The number of nitrogens with two attached hydrogens (primary N) is 1. The van der Waals surface area contributed by atoms with Crippen LogP contribution in [0.4, 0.5) is 5.69 Å². The van der Waals surface area contributed by atoms with Crippen LogP contribution in [0.3, 0.4) is 0 Å². The van der Waals surface area contributed by atoms with Crippen molar-refractivity contribution in [3.63, 3.8) is 0 Å². The Morgan fingerprint density at radius 3 is 2.74 bits per heavy atom. The highest BCUT2D eigenvalue weighted by Crippen LogP contribution is 2.19. The summed E-state index contributed by atoms with van der Waals surface area (Å²) in [5.41, 5.74) is 6.27. The van der Waals surface area contributed by atoms with Gasteiger partial charge in [0, 0.05) is 18.8 Å². The van der Waals surface area contributed by atoms with Gasteiger partial charge in [-0.25, -0.2) is 0 Å². The Kier molecular flexibility index (Phi) is 4.46. The average Bonchev–Trinajstić information content (AvgIpc) is 2.59. The van der Waals surface area contributed by atoms with Crippen molar-refractivity contribution in [1.29, 1.82) is 0 Å². The zero-order chi connectivity index (χ0) is 16.2. The van der Waals surface area contributed by atoms with E-state index in [4.69, 9.17) is 5.73 Å². The van der Waals surface area contributed by atoms with Crippen LogP contribution < -0.4 is 11.1 Å². The van der Waals surface area contributed by atoms with Gasteiger partial charge in [0.15, 0.2) is 0 Å². The number of primary amides is 1. The first kappa shape index (κ1) is 15.3. The number of fused-ring (bicyclic) bond motifs is 1. The highest BCUT2D eigenvalue weighted by molar-refractivity contribution is 5.87. The number of likely N-dealkylation sites (tertiary alicyclic amines) is 1. The lowest BCUT2D eigenvalue weighted by Gasteiger charge is -2.31. The molecule has 1 aliphatic rings. The van der Waals surface area contributed by atoms with Gasteiger partial charge in [0.2, 0.25) is 11.8 Å². The molecule has 1 saturated heterocycles. The third-order valence-electron chi connectivity index (χ3n) is 4.37. The van der Waals surface area contributed by atoms with E-state index in [0.717, 1.165) is 23.9 Å². The Labute approximate surface area is 135 Å². The van der Waals surface area contributed by atoms with Crippen LogP contribution in [0, 0.1) is 5.92 Å². The molecule has 120 valence electrons. The van der Waals surface area contributed by atoms with E-state index in [-0.39, 0.29) is 24.3 Å². The van der Waals surface area contributed by atoms with E-state index in [1.807, 2.05) is 36.4 Å². The van der Waals surface area contributed by atoms with Crippen LogP contribution in [0.1, 0.15) is 12.8 Å². The van der Waals surface area contributed by atoms with E-state index in [9.17, 15) is 9.59 Å². The first-order valence-electron chi connectivity index (χ1n) is 7.93. The molecule has 1 atom stereocenters. The maximum Gasteiger partial charge on any atom is 0.241 e. The molecule has 5 heteroatoms. The van der Waals surface area contributed by atoms with Crippen LogP contribution in [0.2, 0.25) is 0 Å². The van der Waals surface area contributed by atoms with Gasteiger partial charge >= 0.3 is 0 Å². The molecule has 0 aliphatic carbocycles. The Morgan fingerprint density at radius 2 is 1.96 bits per heavy atom. The van der Waals surface area contributed by atoms with Crippen LogP contribution in [0.5, 0.6) is 0 Å². The summed E-state index contributed by atoms with van der Waals surface area (Å²) in [7, 11) is 0.